The van der Waals surface area contributed by atoms with Crippen LogP contribution in [0.5, 0.6) is 0 Å². The van der Waals surface area contributed by atoms with Crippen molar-refractivity contribution in [1.82, 2.24) is 0 Å². The molecule has 0 aliphatic carbocycles. The molecule has 52 valence electrons. The monoisotopic (exact) mass is 262 g/mol. The third kappa shape index (κ3) is 9.19. The van der Waals surface area contributed by atoms with Gasteiger partial charge in [0.25, 0.3) is 5.97 Å². The van der Waals surface area contributed by atoms with Gasteiger partial charge in [-0.05, 0) is 0 Å². The molecular weight excluding hydrogens is 253 g/mol. The minimum absolute atomic E-state index is 0. The topological polar surface area (TPSA) is 43.4 Å². The van der Waals surface area contributed by atoms with E-state index in [4.69, 9.17) is 0 Å². The van der Waals surface area contributed by atoms with Gasteiger partial charge in [-0.25, -0.2) is 0 Å². The summed E-state index contributed by atoms with van der Waals surface area (Å²) in [5.74, 6) is -0.308. The molecule has 0 aromatic heterocycles. The molecule has 0 bridgehead atoms. The molecule has 0 saturated carbocycles. The van der Waals surface area contributed by atoms with Crippen molar-refractivity contribution in [3.8, 4) is 0 Å². The summed E-state index contributed by atoms with van der Waals surface area (Å²) in [5.41, 5.74) is 0. The molecule has 4 heteroatoms. The maximum absolute atomic E-state index is 10.3. The molecule has 3 nitrogen and oxygen atoms in total. The Morgan fingerprint density at radius 2 is 2.30 bits per heavy atom. The van der Waals surface area contributed by atoms with Crippen molar-refractivity contribution in [2.45, 2.75) is 12.8 Å². The maximum Gasteiger partial charge on any atom is 1.00 e. The molecule has 0 N–H and O–H groups in total. The van der Waals surface area contributed by atoms with Gasteiger partial charge in [0.15, 0.2) is 0 Å². The number of esters is 1. The molecule has 0 aromatic rings. The van der Waals surface area contributed by atoms with Crippen LogP contribution in [0, 0.1) is 6.42 Å². The van der Waals surface area contributed by atoms with Crippen LogP contribution in [0.25, 0.3) is 0 Å². The Hall–Kier alpha value is 1.19. The number of methoxy groups -OCH3 is 1. The molecule has 0 rings (SSSR count). The van der Waals surface area contributed by atoms with Crippen LogP contribution in [0.4, 0.5) is 0 Å². The number of unbranched alkanes of at least 4 members (excludes halogenated alkanes) is 1. The van der Waals surface area contributed by atoms with Crippen molar-refractivity contribution in [1.29, 1.82) is 0 Å². The Balaban J connectivity index is 0. The fourth-order valence-electron chi connectivity index (χ4n) is 0.353. The quantitative estimate of drug-likeness (QED) is 0.240. The number of hydrogen-bond acceptors (Lipinski definition) is 3. The molecular formula is C6H9CsO3. The molecule has 0 spiro atoms. The molecule has 0 heterocycles. The number of carbonyl (C=O) groups is 2. The van der Waals surface area contributed by atoms with Crippen LogP contribution >= 0.6 is 0 Å². The Morgan fingerprint density at radius 1 is 1.70 bits per heavy atom. The SMILES string of the molecule is COC(=O)C[CH-]CC=O.[Cs+]. The summed E-state index contributed by atoms with van der Waals surface area (Å²) in [6, 6.07) is 0. The van der Waals surface area contributed by atoms with Crippen molar-refractivity contribution in [3.63, 3.8) is 0 Å². The average molecular weight is 262 g/mol. The second kappa shape index (κ2) is 10.2. The van der Waals surface area contributed by atoms with E-state index >= 15 is 0 Å². The summed E-state index contributed by atoms with van der Waals surface area (Å²) in [4.78, 5) is 20.0. The van der Waals surface area contributed by atoms with E-state index in [1.54, 1.807) is 6.42 Å². The molecule has 0 amide bonds. The van der Waals surface area contributed by atoms with Gasteiger partial charge in [0.2, 0.25) is 0 Å². The molecule has 0 aliphatic heterocycles. The van der Waals surface area contributed by atoms with Gasteiger partial charge in [0.05, 0.1) is 13.4 Å². The van der Waals surface area contributed by atoms with Crippen molar-refractivity contribution < 1.29 is 83.2 Å². The molecule has 0 aromatic carbocycles. The zero-order chi connectivity index (χ0) is 7.11. The first-order valence-electron chi connectivity index (χ1n) is 2.63. The first kappa shape index (κ1) is 13.8. The third-order valence-corrected chi connectivity index (χ3v) is 0.802. The normalized spacial score (nSPS) is 7.70. The van der Waals surface area contributed by atoms with Gasteiger partial charge in [0.1, 0.15) is 0 Å². The predicted octanol–water partition coefficient (Wildman–Crippen LogP) is -2.65. The third-order valence-electron chi connectivity index (χ3n) is 0.802. The van der Waals surface area contributed by atoms with Crippen LogP contribution in [-0.2, 0) is 14.3 Å². The van der Waals surface area contributed by atoms with Crippen molar-refractivity contribution in [2.75, 3.05) is 7.11 Å². The molecule has 0 fully saturated rings. The number of hydrogen-bond donors (Lipinski definition) is 0. The molecule has 0 radical (unpaired) electrons. The number of aldehydes is 1. The Kier molecular flexibility index (Phi) is 14.0. The molecule has 10 heavy (non-hydrogen) atoms. The van der Waals surface area contributed by atoms with Gasteiger partial charge in [0, 0.05) is 0 Å². The zero-order valence-corrected chi connectivity index (χ0v) is 12.6. The largest absolute Gasteiger partial charge is 1.00 e. The average Bonchev–Trinajstić information content (AvgIpc) is 1.89. The second-order valence-corrected chi connectivity index (χ2v) is 1.47. The van der Waals surface area contributed by atoms with Gasteiger partial charge >= 0.3 is 68.9 Å². The van der Waals surface area contributed by atoms with E-state index in [0.717, 1.165) is 6.29 Å². The van der Waals surface area contributed by atoms with Gasteiger partial charge in [-0.1, -0.05) is 6.42 Å². The Morgan fingerprint density at radius 3 is 2.70 bits per heavy atom. The molecule has 0 atom stereocenters. The van der Waals surface area contributed by atoms with Crippen molar-refractivity contribution >= 4 is 12.3 Å². The molecule has 0 unspecified atom stereocenters. The summed E-state index contributed by atoms with van der Waals surface area (Å²) < 4.78 is 4.31. The van der Waals surface area contributed by atoms with Crippen LogP contribution in [-0.4, -0.2) is 19.4 Å². The summed E-state index contributed by atoms with van der Waals surface area (Å²) >= 11 is 0. The van der Waals surface area contributed by atoms with Crippen LogP contribution < -0.4 is 68.9 Å². The van der Waals surface area contributed by atoms with Gasteiger partial charge in [-0.2, -0.15) is 0 Å². The van der Waals surface area contributed by atoms with Gasteiger partial charge in [-0.15, -0.1) is 6.42 Å². The van der Waals surface area contributed by atoms with E-state index in [0.29, 0.717) is 6.42 Å². The standard InChI is InChI=1S/C6H9O3.Cs/c1-9-6(8)4-2-3-5-7;/h2,5H,3-4H2,1H3;/q-1;+1. The predicted molar refractivity (Wildman–Crippen MR) is 31.6 cm³/mol. The van der Waals surface area contributed by atoms with E-state index < -0.39 is 0 Å². The summed E-state index contributed by atoms with van der Waals surface area (Å²) in [6.45, 7) is 0. The zero-order valence-electron chi connectivity index (χ0n) is 6.29. The van der Waals surface area contributed by atoms with Crippen LogP contribution in [0.15, 0.2) is 0 Å². The number of carbonyl (C=O) groups excluding carboxylic acids is 2. The Bertz CT molecular complexity index is 103. The van der Waals surface area contributed by atoms with E-state index in [2.05, 4.69) is 4.74 Å². The van der Waals surface area contributed by atoms with Crippen molar-refractivity contribution in [2.24, 2.45) is 0 Å². The van der Waals surface area contributed by atoms with E-state index in [1.807, 2.05) is 0 Å². The van der Waals surface area contributed by atoms with E-state index in [-0.39, 0.29) is 81.3 Å². The van der Waals surface area contributed by atoms with Crippen LogP contribution in [0.1, 0.15) is 12.8 Å². The summed E-state index contributed by atoms with van der Waals surface area (Å²) in [5, 5.41) is 0. The number of ether oxygens (including phenoxy) is 1. The van der Waals surface area contributed by atoms with Gasteiger partial charge in [-0.3, -0.25) is 4.79 Å². The Labute approximate surface area is 119 Å². The van der Waals surface area contributed by atoms with E-state index in [1.165, 1.54) is 7.11 Å². The fraction of sp³-hybridized carbons (Fsp3) is 0.500. The minimum Gasteiger partial charge on any atom is -0.471 e. The first-order chi connectivity index (χ1) is 4.31. The second-order valence-electron chi connectivity index (χ2n) is 1.47. The molecule has 0 saturated heterocycles. The van der Waals surface area contributed by atoms with Crippen LogP contribution in [0.3, 0.4) is 0 Å². The summed E-state index contributed by atoms with van der Waals surface area (Å²) in [7, 11) is 1.32. The fourth-order valence-corrected chi connectivity index (χ4v) is 0.353. The smallest absolute Gasteiger partial charge is 0.471 e. The maximum atomic E-state index is 10.3. The van der Waals surface area contributed by atoms with Crippen LogP contribution in [0.2, 0.25) is 0 Å². The van der Waals surface area contributed by atoms with E-state index in [9.17, 15) is 9.59 Å². The minimum atomic E-state index is -0.308. The van der Waals surface area contributed by atoms with Crippen molar-refractivity contribution in [3.05, 3.63) is 6.42 Å². The number of rotatable bonds is 4. The molecule has 0 aliphatic rings. The van der Waals surface area contributed by atoms with Gasteiger partial charge < -0.3 is 16.0 Å². The summed E-state index contributed by atoms with van der Waals surface area (Å²) in [6.07, 6.45) is 2.84. The first-order valence-corrected chi connectivity index (χ1v) is 2.63.